The first-order chi connectivity index (χ1) is 9.90. The van der Waals surface area contributed by atoms with Crippen LogP contribution >= 0.6 is 0 Å². The van der Waals surface area contributed by atoms with Gasteiger partial charge in [0.1, 0.15) is 23.0 Å². The van der Waals surface area contributed by atoms with Gasteiger partial charge in [0.15, 0.2) is 0 Å². The molecule has 5 nitrogen and oxygen atoms in total. The molecule has 0 radical (unpaired) electrons. The summed E-state index contributed by atoms with van der Waals surface area (Å²) in [7, 11) is 0. The lowest BCUT2D eigenvalue weighted by Gasteiger charge is -2.08. The van der Waals surface area contributed by atoms with Crippen molar-refractivity contribution in [2.24, 2.45) is 0 Å². The molecule has 0 atom stereocenters. The average Bonchev–Trinajstić information content (AvgIpc) is 2.43. The molecule has 0 spiro atoms. The summed E-state index contributed by atoms with van der Waals surface area (Å²) in [4.78, 5) is 26.7. The molecule has 2 N–H and O–H groups in total. The van der Waals surface area contributed by atoms with E-state index in [1.807, 2.05) is 0 Å². The molecule has 21 heavy (non-hydrogen) atoms. The number of pyridine rings is 1. The second-order valence-electron chi connectivity index (χ2n) is 4.24. The molecule has 108 valence electrons. The molecule has 1 heterocycles. The highest BCUT2D eigenvalue weighted by molar-refractivity contribution is 6.07. The molecule has 0 aliphatic carbocycles. The Hall–Kier alpha value is -2.83. The molecule has 0 aliphatic heterocycles. The Labute approximate surface area is 118 Å². The quantitative estimate of drug-likeness (QED) is 0.911. The van der Waals surface area contributed by atoms with Gasteiger partial charge in [-0.15, -0.1) is 0 Å². The van der Waals surface area contributed by atoms with Gasteiger partial charge in [-0.25, -0.2) is 18.6 Å². The first-order valence-corrected chi connectivity index (χ1v) is 5.85. The van der Waals surface area contributed by atoms with Crippen LogP contribution in [0.2, 0.25) is 0 Å². The summed E-state index contributed by atoms with van der Waals surface area (Å²) in [6.45, 7) is 1.38. The molecular formula is C14H10F2N2O3. The number of aryl methyl sites for hydroxylation is 1. The molecule has 2 rings (SSSR count). The fraction of sp³-hybridized carbons (Fsp3) is 0.0714. The van der Waals surface area contributed by atoms with Crippen molar-refractivity contribution in [3.8, 4) is 0 Å². The zero-order valence-corrected chi connectivity index (χ0v) is 10.9. The van der Waals surface area contributed by atoms with E-state index in [4.69, 9.17) is 5.11 Å². The normalized spacial score (nSPS) is 10.2. The van der Waals surface area contributed by atoms with Crippen molar-refractivity contribution >= 4 is 17.7 Å². The molecule has 0 unspecified atom stereocenters. The SMILES string of the molecule is Cc1cc(C(=O)Nc2ncccc2C(=O)O)c(F)cc1F. The summed E-state index contributed by atoms with van der Waals surface area (Å²) in [6, 6.07) is 4.28. The first-order valence-electron chi connectivity index (χ1n) is 5.85. The number of hydrogen-bond acceptors (Lipinski definition) is 3. The zero-order chi connectivity index (χ0) is 15.6. The van der Waals surface area contributed by atoms with Crippen molar-refractivity contribution in [2.75, 3.05) is 5.32 Å². The fourth-order valence-corrected chi connectivity index (χ4v) is 1.68. The van der Waals surface area contributed by atoms with Crippen molar-refractivity contribution in [3.63, 3.8) is 0 Å². The smallest absolute Gasteiger partial charge is 0.339 e. The highest BCUT2D eigenvalue weighted by Crippen LogP contribution is 2.17. The summed E-state index contributed by atoms with van der Waals surface area (Å²) in [5.74, 6) is -4.21. The lowest BCUT2D eigenvalue weighted by Crippen LogP contribution is -2.17. The lowest BCUT2D eigenvalue weighted by atomic mass is 10.1. The van der Waals surface area contributed by atoms with E-state index < -0.39 is 29.1 Å². The molecule has 0 aliphatic rings. The number of nitrogens with zero attached hydrogens (tertiary/aromatic N) is 1. The Morgan fingerprint density at radius 2 is 1.90 bits per heavy atom. The van der Waals surface area contributed by atoms with E-state index in [-0.39, 0.29) is 16.9 Å². The summed E-state index contributed by atoms with van der Waals surface area (Å²) < 4.78 is 26.8. The number of carboxylic acids is 1. The molecule has 0 saturated heterocycles. The van der Waals surface area contributed by atoms with Gasteiger partial charge in [-0.05, 0) is 30.7 Å². The van der Waals surface area contributed by atoms with Crippen LogP contribution in [0.15, 0.2) is 30.5 Å². The van der Waals surface area contributed by atoms with Crippen LogP contribution in [0.1, 0.15) is 26.3 Å². The molecule has 1 aromatic carbocycles. The number of halogens is 2. The Bertz CT molecular complexity index is 732. The van der Waals surface area contributed by atoms with E-state index in [0.29, 0.717) is 6.07 Å². The molecule has 1 aromatic heterocycles. The van der Waals surface area contributed by atoms with Crippen LogP contribution in [0, 0.1) is 18.6 Å². The highest BCUT2D eigenvalue weighted by atomic mass is 19.1. The molecular weight excluding hydrogens is 282 g/mol. The average molecular weight is 292 g/mol. The van der Waals surface area contributed by atoms with Crippen LogP contribution < -0.4 is 5.32 Å². The van der Waals surface area contributed by atoms with Gasteiger partial charge in [0.25, 0.3) is 5.91 Å². The topological polar surface area (TPSA) is 79.3 Å². The zero-order valence-electron chi connectivity index (χ0n) is 10.9. The Morgan fingerprint density at radius 1 is 1.19 bits per heavy atom. The van der Waals surface area contributed by atoms with Gasteiger partial charge in [0.05, 0.1) is 5.56 Å². The molecule has 0 saturated carbocycles. The van der Waals surface area contributed by atoms with Crippen molar-refractivity contribution in [1.29, 1.82) is 0 Å². The number of nitrogens with one attached hydrogen (secondary N) is 1. The summed E-state index contributed by atoms with van der Waals surface area (Å²) in [6.07, 6.45) is 1.29. The number of carbonyl (C=O) groups excluding carboxylic acids is 1. The number of anilines is 1. The van der Waals surface area contributed by atoms with Gasteiger partial charge in [-0.2, -0.15) is 0 Å². The number of benzene rings is 1. The van der Waals surface area contributed by atoms with Crippen LogP contribution in [0.5, 0.6) is 0 Å². The number of amides is 1. The summed E-state index contributed by atoms with van der Waals surface area (Å²) in [5, 5.41) is 11.2. The van der Waals surface area contributed by atoms with E-state index in [2.05, 4.69) is 10.3 Å². The maximum absolute atomic E-state index is 13.6. The van der Waals surface area contributed by atoms with Crippen molar-refractivity contribution in [3.05, 3.63) is 58.8 Å². The lowest BCUT2D eigenvalue weighted by molar-refractivity contribution is 0.0697. The van der Waals surface area contributed by atoms with Gasteiger partial charge in [0.2, 0.25) is 0 Å². The van der Waals surface area contributed by atoms with Crippen molar-refractivity contribution in [2.45, 2.75) is 6.92 Å². The maximum Gasteiger partial charge on any atom is 0.339 e. The molecule has 0 bridgehead atoms. The highest BCUT2D eigenvalue weighted by Gasteiger charge is 2.18. The van der Waals surface area contributed by atoms with E-state index in [9.17, 15) is 18.4 Å². The van der Waals surface area contributed by atoms with Gasteiger partial charge in [-0.3, -0.25) is 4.79 Å². The number of aromatic carboxylic acids is 1. The third-order valence-electron chi connectivity index (χ3n) is 2.76. The minimum atomic E-state index is -1.28. The third kappa shape index (κ3) is 3.02. The Morgan fingerprint density at radius 3 is 2.57 bits per heavy atom. The summed E-state index contributed by atoms with van der Waals surface area (Å²) >= 11 is 0. The first kappa shape index (κ1) is 14.6. The number of aromatic nitrogens is 1. The van der Waals surface area contributed by atoms with Gasteiger partial charge in [-0.1, -0.05) is 0 Å². The maximum atomic E-state index is 13.6. The number of carbonyl (C=O) groups is 2. The molecule has 0 fully saturated rings. The fourth-order valence-electron chi connectivity index (χ4n) is 1.68. The Kier molecular flexibility index (Phi) is 3.93. The monoisotopic (exact) mass is 292 g/mol. The largest absolute Gasteiger partial charge is 0.478 e. The summed E-state index contributed by atoms with van der Waals surface area (Å²) in [5.41, 5.74) is -0.526. The van der Waals surface area contributed by atoms with Gasteiger partial charge >= 0.3 is 5.97 Å². The minimum Gasteiger partial charge on any atom is -0.478 e. The number of rotatable bonds is 3. The van der Waals surface area contributed by atoms with Crippen LogP contribution in [0.4, 0.5) is 14.6 Å². The van der Waals surface area contributed by atoms with E-state index in [1.165, 1.54) is 25.3 Å². The van der Waals surface area contributed by atoms with Crippen LogP contribution in [-0.2, 0) is 0 Å². The van der Waals surface area contributed by atoms with E-state index in [0.717, 1.165) is 6.07 Å². The van der Waals surface area contributed by atoms with Crippen molar-refractivity contribution < 1.29 is 23.5 Å². The van der Waals surface area contributed by atoms with Crippen LogP contribution in [-0.4, -0.2) is 22.0 Å². The van der Waals surface area contributed by atoms with E-state index >= 15 is 0 Å². The third-order valence-corrected chi connectivity index (χ3v) is 2.76. The van der Waals surface area contributed by atoms with Crippen molar-refractivity contribution in [1.82, 2.24) is 4.98 Å². The van der Waals surface area contributed by atoms with E-state index in [1.54, 1.807) is 0 Å². The van der Waals surface area contributed by atoms with Gasteiger partial charge < -0.3 is 10.4 Å². The second kappa shape index (κ2) is 5.66. The molecule has 2 aromatic rings. The molecule has 7 heteroatoms. The van der Waals surface area contributed by atoms with Crippen LogP contribution in [0.25, 0.3) is 0 Å². The predicted molar refractivity (Wildman–Crippen MR) is 70.2 cm³/mol. The standard InChI is InChI=1S/C14H10F2N2O3/c1-7-5-9(11(16)6-10(7)15)13(19)18-12-8(14(20)21)3-2-4-17-12/h2-6H,1H3,(H,20,21)(H,17,18,19). The minimum absolute atomic E-state index is 0.0982. The number of carboxylic acid groups (broad SMARTS) is 1. The Balaban J connectivity index is 2.35. The molecule has 1 amide bonds. The number of hydrogen-bond donors (Lipinski definition) is 2. The predicted octanol–water partition coefficient (Wildman–Crippen LogP) is 2.62. The second-order valence-corrected chi connectivity index (χ2v) is 4.24. The van der Waals surface area contributed by atoms with Gasteiger partial charge in [0, 0.05) is 12.3 Å². The van der Waals surface area contributed by atoms with Crippen LogP contribution in [0.3, 0.4) is 0 Å².